The number of aliphatic hydroxyl groups excluding tert-OH is 2. The molecule has 0 aliphatic carbocycles. The highest BCUT2D eigenvalue weighted by molar-refractivity contribution is 7.80. The average Bonchev–Trinajstić information content (AvgIpc) is 3.86. The molecule has 1 aromatic heterocycles. The van der Waals surface area contributed by atoms with E-state index in [-0.39, 0.29) is 12.2 Å². The first-order valence-corrected chi connectivity index (χ1v) is 25.2. The molecule has 28 nitrogen and oxygen atoms in total. The number of H-pyrrole nitrogens is 1. The van der Waals surface area contributed by atoms with E-state index in [0.717, 1.165) is 25.0 Å². The van der Waals surface area contributed by atoms with Gasteiger partial charge in [-0.05, 0) is 48.6 Å². The Kier molecular flexibility index (Phi) is 24.1. The zero-order chi connectivity index (χ0) is 59.4. The number of para-hydroxylation sites is 1. The topological polar surface area (TPSA) is 470 Å². The van der Waals surface area contributed by atoms with Gasteiger partial charge in [0.05, 0.1) is 44.1 Å². The number of carbonyl (C=O) groups excluding carboxylic acids is 9. The number of rotatable bonds is 31. The number of aromatic nitrogens is 1. The van der Waals surface area contributed by atoms with Gasteiger partial charge in [-0.15, -0.1) is 0 Å². The fourth-order valence-corrected chi connectivity index (χ4v) is 8.08. The van der Waals surface area contributed by atoms with Crippen LogP contribution in [0, 0.1) is 0 Å². The van der Waals surface area contributed by atoms with E-state index < -0.39 is 164 Å². The maximum Gasteiger partial charge on any atom is 0.327 e. The van der Waals surface area contributed by atoms with Crippen LogP contribution in [0.15, 0.2) is 85.1 Å². The standard InChI is InChI=1S/C51H63N11O17S/c1-24(63)42(62-48(75)34(18-38(53)65)56-39(66)22-55-44(71)31(52)16-26-12-14-28(15-13-26)27-8-4-3-5-9-27)49(76)59-36(20-41(69)70)46(73)58-35(19-40(67)68)45(72)57-33(17-29-21-54-32-11-7-6-10-30(29)32)47(74)61-43(25(2)64)50(77)60-37(23-80)51(78)79/h3-15,21,24-25,31,33-37,42-43,54,63-64,80H,16-20,22-23,52H2,1-2H3,(H2,53,65)(H,55,71)(H,56,66)(H,57,72)(H,58,73)(H,59,76)(H,60,77)(H,61,74)(H,62,75)(H,67,68)(H,69,70)(H,78,79)/t24-,25-,31+,33+,34+,35+,36+,37+,42+,43+/m1/s1. The molecule has 0 unspecified atom stereocenters. The molecule has 0 saturated heterocycles. The van der Waals surface area contributed by atoms with Crippen LogP contribution in [0.4, 0.5) is 0 Å². The molecule has 9 amide bonds. The van der Waals surface area contributed by atoms with Crippen LogP contribution in [0.5, 0.6) is 0 Å². The molecule has 0 radical (unpaired) electrons. The Labute approximate surface area is 461 Å². The van der Waals surface area contributed by atoms with Crippen LogP contribution in [-0.2, 0) is 70.4 Å². The van der Waals surface area contributed by atoms with E-state index in [9.17, 15) is 83.1 Å². The van der Waals surface area contributed by atoms with Crippen molar-refractivity contribution in [2.24, 2.45) is 11.5 Å². The Hall–Kier alpha value is -8.93. The number of benzene rings is 3. The molecule has 80 heavy (non-hydrogen) atoms. The number of amides is 9. The fraction of sp³-hybridized carbons (Fsp3) is 0.373. The predicted molar refractivity (Wildman–Crippen MR) is 285 cm³/mol. The van der Waals surface area contributed by atoms with Crippen LogP contribution in [0.2, 0.25) is 0 Å². The molecule has 0 fully saturated rings. The lowest BCUT2D eigenvalue weighted by Gasteiger charge is -2.28. The second-order valence-corrected chi connectivity index (χ2v) is 18.7. The summed E-state index contributed by atoms with van der Waals surface area (Å²) in [5.74, 6) is -16.3. The van der Waals surface area contributed by atoms with Crippen molar-refractivity contribution in [3.05, 3.63) is 96.2 Å². The van der Waals surface area contributed by atoms with Gasteiger partial charge in [-0.2, -0.15) is 12.6 Å². The Morgan fingerprint density at radius 3 is 1.51 bits per heavy atom. The fourth-order valence-electron chi connectivity index (χ4n) is 7.83. The molecule has 18 N–H and O–H groups in total. The third kappa shape index (κ3) is 19.5. The molecular weight excluding hydrogens is 1070 g/mol. The SMILES string of the molecule is C[C@@H](O)[C@H](NC(=O)[C@H](Cc1c[nH]c2ccccc12)NC(=O)[C@H](CC(=O)O)NC(=O)[C@H](CC(=O)O)NC(=O)[C@@H](NC(=O)[C@H](CC(N)=O)NC(=O)CNC(=O)[C@@H](N)Cc1ccc(-c2ccccc2)cc1)[C@@H](C)O)C(=O)N[C@@H](CS)C(=O)O. The summed E-state index contributed by atoms with van der Waals surface area (Å²) in [5, 5.41) is 67.8. The van der Waals surface area contributed by atoms with Crippen molar-refractivity contribution in [3.63, 3.8) is 0 Å². The second-order valence-electron chi connectivity index (χ2n) is 18.4. The van der Waals surface area contributed by atoms with E-state index in [1.165, 1.54) is 6.20 Å². The number of fused-ring (bicyclic) bond motifs is 1. The summed E-state index contributed by atoms with van der Waals surface area (Å²) in [5.41, 5.74) is 15.0. The van der Waals surface area contributed by atoms with Gasteiger partial charge in [-0.25, -0.2) is 4.79 Å². The molecule has 10 atom stereocenters. The number of nitrogens with one attached hydrogen (secondary N) is 9. The lowest BCUT2D eigenvalue weighted by Crippen LogP contribution is -2.62. The summed E-state index contributed by atoms with van der Waals surface area (Å²) in [4.78, 5) is 159. The monoisotopic (exact) mass is 1130 g/mol. The summed E-state index contributed by atoms with van der Waals surface area (Å²) in [7, 11) is 0. The van der Waals surface area contributed by atoms with E-state index >= 15 is 0 Å². The first-order valence-electron chi connectivity index (χ1n) is 24.5. The minimum absolute atomic E-state index is 0.0770. The Balaban J connectivity index is 1.47. The van der Waals surface area contributed by atoms with Crippen LogP contribution in [0.3, 0.4) is 0 Å². The number of carbonyl (C=O) groups is 12. The molecule has 1 heterocycles. The minimum atomic E-state index is -2.20. The molecule has 4 rings (SSSR count). The molecule has 4 aromatic rings. The van der Waals surface area contributed by atoms with E-state index in [1.54, 1.807) is 36.4 Å². The van der Waals surface area contributed by atoms with Crippen LogP contribution >= 0.6 is 12.6 Å². The number of aliphatic hydroxyl groups is 2. The summed E-state index contributed by atoms with van der Waals surface area (Å²) in [6.45, 7) is 1.31. The molecule has 0 spiro atoms. The molecule has 0 aliphatic heterocycles. The Morgan fingerprint density at radius 2 is 1.00 bits per heavy atom. The Morgan fingerprint density at radius 1 is 0.537 bits per heavy atom. The zero-order valence-corrected chi connectivity index (χ0v) is 43.9. The molecule has 0 saturated carbocycles. The molecule has 430 valence electrons. The number of carboxylic acid groups (broad SMARTS) is 3. The van der Waals surface area contributed by atoms with Crippen LogP contribution in [-0.4, -0.2) is 174 Å². The number of thiol groups is 1. The maximum atomic E-state index is 14.0. The zero-order valence-electron chi connectivity index (χ0n) is 43.0. The molecule has 0 aliphatic rings. The van der Waals surface area contributed by atoms with Gasteiger partial charge < -0.3 is 84.5 Å². The third-order valence-electron chi connectivity index (χ3n) is 12.0. The summed E-state index contributed by atoms with van der Waals surface area (Å²) in [6, 6.07) is 8.89. The molecule has 3 aromatic carbocycles. The number of aromatic amines is 1. The number of hydrogen-bond donors (Lipinski definition) is 17. The van der Waals surface area contributed by atoms with E-state index in [2.05, 4.69) is 49.5 Å². The molecule has 29 heteroatoms. The number of aliphatic carboxylic acids is 3. The van der Waals surface area contributed by atoms with Crippen molar-refractivity contribution in [1.82, 2.24) is 47.5 Å². The van der Waals surface area contributed by atoms with Gasteiger partial charge in [0, 0.05) is 29.3 Å². The number of primary amides is 1. The highest BCUT2D eigenvalue weighted by Crippen LogP contribution is 2.21. The lowest BCUT2D eigenvalue weighted by atomic mass is 10.0. The lowest BCUT2D eigenvalue weighted by molar-refractivity contribution is -0.144. The second kappa shape index (κ2) is 30.3. The average molecular weight is 1130 g/mol. The third-order valence-corrected chi connectivity index (χ3v) is 12.4. The summed E-state index contributed by atoms with van der Waals surface area (Å²) >= 11 is 3.88. The quantitative estimate of drug-likeness (QED) is 0.0214. The normalized spacial score (nSPS) is 14.8. The smallest absolute Gasteiger partial charge is 0.327 e. The van der Waals surface area contributed by atoms with Gasteiger partial charge in [-0.1, -0.05) is 72.8 Å². The van der Waals surface area contributed by atoms with E-state index in [0.29, 0.717) is 22.0 Å². The molecule has 0 bridgehead atoms. The van der Waals surface area contributed by atoms with E-state index in [1.807, 2.05) is 53.1 Å². The maximum absolute atomic E-state index is 14.0. The summed E-state index contributed by atoms with van der Waals surface area (Å²) < 4.78 is 0. The van der Waals surface area contributed by atoms with Gasteiger partial charge in [0.1, 0.15) is 42.3 Å². The van der Waals surface area contributed by atoms with Crippen molar-refractivity contribution in [2.75, 3.05) is 12.3 Å². The van der Waals surface area contributed by atoms with Crippen molar-refractivity contribution in [3.8, 4) is 11.1 Å². The van der Waals surface area contributed by atoms with Crippen LogP contribution < -0.4 is 54.0 Å². The number of nitrogens with two attached hydrogens (primary N) is 2. The van der Waals surface area contributed by atoms with E-state index in [4.69, 9.17) is 11.5 Å². The largest absolute Gasteiger partial charge is 0.481 e. The van der Waals surface area contributed by atoms with Crippen LogP contribution in [0.25, 0.3) is 22.0 Å². The van der Waals surface area contributed by atoms with Crippen molar-refractivity contribution < 1.29 is 83.1 Å². The number of hydrogen-bond acceptors (Lipinski definition) is 16. The Bertz CT molecular complexity index is 2900. The first kappa shape index (κ1) is 63.6. The van der Waals surface area contributed by atoms with Gasteiger partial charge in [0.25, 0.3) is 0 Å². The summed E-state index contributed by atoms with van der Waals surface area (Å²) in [6.07, 6.45) is -5.77. The van der Waals surface area contributed by atoms with Crippen molar-refractivity contribution >= 4 is 94.6 Å². The first-order chi connectivity index (χ1) is 37.8. The van der Waals surface area contributed by atoms with Crippen molar-refractivity contribution in [2.45, 2.75) is 106 Å². The van der Waals surface area contributed by atoms with Crippen LogP contribution in [0.1, 0.15) is 44.2 Å². The molecular formula is C51H63N11O17S. The van der Waals surface area contributed by atoms with Crippen molar-refractivity contribution in [1.29, 1.82) is 0 Å². The number of carboxylic acids is 3. The minimum Gasteiger partial charge on any atom is -0.481 e. The van der Waals surface area contributed by atoms with Gasteiger partial charge >= 0.3 is 17.9 Å². The highest BCUT2D eigenvalue weighted by atomic mass is 32.1. The highest BCUT2D eigenvalue weighted by Gasteiger charge is 2.38. The predicted octanol–water partition coefficient (Wildman–Crippen LogP) is -3.94. The van der Waals surface area contributed by atoms with Gasteiger partial charge in [-0.3, -0.25) is 52.7 Å². The van der Waals surface area contributed by atoms with Gasteiger partial charge in [0.2, 0.25) is 53.2 Å². The van der Waals surface area contributed by atoms with Gasteiger partial charge in [0.15, 0.2) is 0 Å².